The number of carbonyl (C=O) groups excluding carboxylic acids is 2. The van der Waals surface area contributed by atoms with Crippen LogP contribution in [0.1, 0.15) is 110 Å². The SMILES string of the molecule is CCCCCCCCCCP(C(=C=O)CCCCCCCCC=C=O)c1ccccc1.[CH3-].[Mn+2].c1cc[cH-]c1. The van der Waals surface area contributed by atoms with Crippen LogP contribution in [0.2, 0.25) is 0 Å². The van der Waals surface area contributed by atoms with Crippen LogP contribution in [0.25, 0.3) is 0 Å². The molecule has 38 heavy (non-hydrogen) atoms. The van der Waals surface area contributed by atoms with Gasteiger partial charge in [0.15, 0.2) is 0 Å². The zero-order chi connectivity index (χ0) is 25.9. The average Bonchev–Trinajstić information content (AvgIpc) is 3.51. The summed E-state index contributed by atoms with van der Waals surface area (Å²) in [5.74, 6) is 4.20. The Morgan fingerprint density at radius 2 is 1.32 bits per heavy atom. The molecule has 4 heteroatoms. The average molecular weight is 578 g/mol. The molecule has 2 nitrogen and oxygen atoms in total. The third kappa shape index (κ3) is 21.4. The Balaban J connectivity index is 0. The molecule has 2 rings (SSSR count). The van der Waals surface area contributed by atoms with E-state index >= 15 is 0 Å². The van der Waals surface area contributed by atoms with Gasteiger partial charge in [-0.25, -0.2) is 21.7 Å². The Hall–Kier alpha value is -1.58. The minimum Gasteiger partial charge on any atom is -0.358 e. The maximum atomic E-state index is 11.8. The fourth-order valence-corrected chi connectivity index (χ4v) is 6.75. The standard InChI is InChI=1S/C28H43O2P.C5H5.CH3.Mn/c1-2-3-4-5-6-11-14-20-25-31(27-21-17-15-18-22-27)28(26-30)23-16-12-9-7-8-10-13-19-24-29;1-2-4-5-3-1;;/h15,17-19,21-22H,2-14,16,20,23,25H2,1H3;1-5H;1H3;/q;2*-1;+2. The van der Waals surface area contributed by atoms with Crippen molar-refractivity contribution in [3.05, 3.63) is 79.5 Å². The zero-order valence-electron chi connectivity index (χ0n) is 24.0. The van der Waals surface area contributed by atoms with E-state index in [-0.39, 0.29) is 24.5 Å². The summed E-state index contributed by atoms with van der Waals surface area (Å²) >= 11 is 0. The minimum atomic E-state index is -0.532. The van der Waals surface area contributed by atoms with Crippen LogP contribution in [-0.2, 0) is 26.7 Å². The molecule has 0 aromatic heterocycles. The van der Waals surface area contributed by atoms with Crippen LogP contribution in [0.5, 0.6) is 0 Å². The van der Waals surface area contributed by atoms with Gasteiger partial charge in [-0.1, -0.05) is 108 Å². The predicted octanol–water partition coefficient (Wildman–Crippen LogP) is 10.0. The molecule has 0 saturated heterocycles. The van der Waals surface area contributed by atoms with E-state index in [4.69, 9.17) is 0 Å². The molecule has 0 aliphatic carbocycles. The first kappa shape index (κ1) is 38.6. The second kappa shape index (κ2) is 30.0. The first-order valence-electron chi connectivity index (χ1n) is 14.3. The summed E-state index contributed by atoms with van der Waals surface area (Å²) in [6, 6.07) is 20.6. The number of unbranched alkanes of at least 4 members (excludes halogenated alkanes) is 13. The molecule has 1 atom stereocenters. The van der Waals surface area contributed by atoms with E-state index in [2.05, 4.69) is 43.2 Å². The van der Waals surface area contributed by atoms with Crippen LogP contribution in [-0.4, -0.2) is 18.0 Å². The number of allylic oxidation sites excluding steroid dienone is 2. The topological polar surface area (TPSA) is 34.1 Å². The molecule has 0 fully saturated rings. The van der Waals surface area contributed by atoms with Crippen LogP contribution >= 0.6 is 7.92 Å². The molecule has 0 saturated carbocycles. The summed E-state index contributed by atoms with van der Waals surface area (Å²) in [4.78, 5) is 22.0. The molecular formula is C34H51MnO2P. The van der Waals surface area contributed by atoms with Crippen molar-refractivity contribution in [2.45, 2.75) is 110 Å². The maximum Gasteiger partial charge on any atom is 2.00 e. The summed E-state index contributed by atoms with van der Waals surface area (Å²) in [5, 5.41) is 2.36. The second-order valence-corrected chi connectivity index (χ2v) is 11.8. The van der Waals surface area contributed by atoms with Crippen molar-refractivity contribution in [1.29, 1.82) is 0 Å². The van der Waals surface area contributed by atoms with Gasteiger partial charge in [0.2, 0.25) is 0 Å². The molecule has 211 valence electrons. The van der Waals surface area contributed by atoms with Gasteiger partial charge in [-0.3, -0.25) is 0 Å². The molecule has 0 spiro atoms. The Kier molecular flexibility index (Phi) is 30.4. The van der Waals surface area contributed by atoms with Crippen molar-refractivity contribution in [3.63, 3.8) is 0 Å². The summed E-state index contributed by atoms with van der Waals surface area (Å²) in [5.41, 5.74) is 0. The molecular weight excluding hydrogens is 526 g/mol. The molecule has 1 unspecified atom stereocenters. The van der Waals surface area contributed by atoms with Crippen molar-refractivity contribution in [2.24, 2.45) is 0 Å². The molecule has 0 amide bonds. The predicted molar refractivity (Wildman–Crippen MR) is 165 cm³/mol. The van der Waals surface area contributed by atoms with Gasteiger partial charge in [-0.15, -0.1) is 0 Å². The van der Waals surface area contributed by atoms with Gasteiger partial charge >= 0.3 is 17.1 Å². The minimum absolute atomic E-state index is 0. The number of rotatable bonds is 20. The first-order chi connectivity index (χ1) is 17.8. The Labute approximate surface area is 246 Å². The monoisotopic (exact) mass is 577 g/mol. The maximum absolute atomic E-state index is 11.8. The Morgan fingerprint density at radius 1 is 0.763 bits per heavy atom. The van der Waals surface area contributed by atoms with Crippen molar-refractivity contribution >= 4 is 25.1 Å². The number of hydrogen-bond acceptors (Lipinski definition) is 2. The first-order valence-corrected chi connectivity index (χ1v) is 15.8. The molecule has 1 radical (unpaired) electrons. The van der Waals surface area contributed by atoms with Gasteiger partial charge in [0.05, 0.1) is 0 Å². The summed E-state index contributed by atoms with van der Waals surface area (Å²) in [6.45, 7) is 2.26. The van der Waals surface area contributed by atoms with Gasteiger partial charge < -0.3 is 7.43 Å². The second-order valence-electron chi connectivity index (χ2n) is 9.46. The summed E-state index contributed by atoms with van der Waals surface area (Å²) in [7, 11) is -0.532. The van der Waals surface area contributed by atoms with Crippen LogP contribution < -0.4 is 5.30 Å². The third-order valence-corrected chi connectivity index (χ3v) is 9.05. The number of hydrogen-bond donors (Lipinski definition) is 0. The van der Waals surface area contributed by atoms with E-state index in [1.165, 1.54) is 82.4 Å². The quantitative estimate of drug-likeness (QED) is 0.0516. The molecule has 0 bridgehead atoms. The smallest absolute Gasteiger partial charge is 0.358 e. The van der Waals surface area contributed by atoms with Gasteiger partial charge in [0.1, 0.15) is 11.9 Å². The van der Waals surface area contributed by atoms with Crippen molar-refractivity contribution in [2.75, 3.05) is 6.16 Å². The van der Waals surface area contributed by atoms with Crippen LogP contribution in [0.15, 0.2) is 72.1 Å². The molecule has 0 N–H and O–H groups in total. The molecule has 0 aliphatic rings. The number of benzene rings is 1. The molecule has 2 aromatic rings. The van der Waals surface area contributed by atoms with E-state index in [9.17, 15) is 9.59 Å². The fraction of sp³-hybridized carbons (Fsp3) is 0.529. The van der Waals surface area contributed by atoms with Crippen LogP contribution in [0.3, 0.4) is 0 Å². The van der Waals surface area contributed by atoms with Crippen LogP contribution in [0.4, 0.5) is 0 Å². The van der Waals surface area contributed by atoms with Gasteiger partial charge in [0, 0.05) is 5.31 Å². The van der Waals surface area contributed by atoms with Crippen LogP contribution in [0, 0.1) is 7.43 Å². The van der Waals surface area contributed by atoms with Gasteiger partial charge in [-0.2, -0.15) is 18.2 Å². The largest absolute Gasteiger partial charge is 2.00 e. The Bertz CT molecular complexity index is 804. The zero-order valence-corrected chi connectivity index (χ0v) is 26.1. The van der Waals surface area contributed by atoms with Gasteiger partial charge in [-0.05, 0) is 57.6 Å². The van der Waals surface area contributed by atoms with Crippen molar-refractivity contribution in [1.82, 2.24) is 0 Å². The molecule has 0 heterocycles. The normalized spacial score (nSPS) is 10.4. The summed E-state index contributed by atoms with van der Waals surface area (Å²) < 4.78 is 0. The third-order valence-electron chi connectivity index (χ3n) is 6.40. The molecule has 2 aromatic carbocycles. The summed E-state index contributed by atoms with van der Waals surface area (Å²) in [6.07, 6.45) is 22.0. The molecule has 0 aliphatic heterocycles. The van der Waals surface area contributed by atoms with Gasteiger partial charge in [0.25, 0.3) is 0 Å². The Morgan fingerprint density at radius 3 is 1.84 bits per heavy atom. The van der Waals surface area contributed by atoms with E-state index in [1.54, 1.807) is 6.08 Å². The van der Waals surface area contributed by atoms with E-state index in [0.29, 0.717) is 0 Å². The fourth-order valence-electron chi connectivity index (χ4n) is 4.30. The van der Waals surface area contributed by atoms with E-state index < -0.39 is 7.92 Å². The van der Waals surface area contributed by atoms with Crippen molar-refractivity contribution in [3.8, 4) is 0 Å². The van der Waals surface area contributed by atoms with E-state index in [1.807, 2.05) is 36.3 Å². The van der Waals surface area contributed by atoms with Crippen molar-refractivity contribution < 1.29 is 26.7 Å². The van der Waals surface area contributed by atoms with E-state index in [0.717, 1.165) is 37.2 Å².